The molecule has 0 aromatic carbocycles. The van der Waals surface area contributed by atoms with Crippen molar-refractivity contribution in [3.8, 4) is 0 Å². The summed E-state index contributed by atoms with van der Waals surface area (Å²) in [5.74, 6) is -0.791. The number of carbonyl (C=O) groups excluding carboxylic acids is 2. The molecular weight excluding hydrogens is 932 g/mol. The van der Waals surface area contributed by atoms with Gasteiger partial charge in [0.1, 0.15) is 19.3 Å². The molecule has 2 unspecified atom stereocenters. The van der Waals surface area contributed by atoms with Gasteiger partial charge in [-0.05, 0) is 83.6 Å². The molecule has 0 rings (SSSR count). The van der Waals surface area contributed by atoms with Gasteiger partial charge in [0.25, 0.3) is 0 Å². The summed E-state index contributed by atoms with van der Waals surface area (Å²) >= 11 is 0. The van der Waals surface area contributed by atoms with E-state index in [1.54, 1.807) is 0 Å². The van der Waals surface area contributed by atoms with Crippen LogP contribution in [0.4, 0.5) is 0 Å². The summed E-state index contributed by atoms with van der Waals surface area (Å²) in [7, 11) is 1.60. The van der Waals surface area contributed by atoms with Gasteiger partial charge in [0.15, 0.2) is 6.10 Å². The van der Waals surface area contributed by atoms with E-state index in [2.05, 4.69) is 38.2 Å². The molecule has 73 heavy (non-hydrogen) atoms. The van der Waals surface area contributed by atoms with E-state index in [-0.39, 0.29) is 25.4 Å². The molecule has 10 nitrogen and oxygen atoms in total. The number of quaternary nitrogens is 1. The van der Waals surface area contributed by atoms with Gasteiger partial charge in [0.2, 0.25) is 0 Å². The van der Waals surface area contributed by atoms with Crippen LogP contribution in [0.3, 0.4) is 0 Å². The number of esters is 2. The second-order valence-electron chi connectivity index (χ2n) is 22.7. The average Bonchev–Trinajstić information content (AvgIpc) is 3.35. The maximum Gasteiger partial charge on any atom is 0.472 e. The lowest BCUT2D eigenvalue weighted by Gasteiger charge is -2.30. The van der Waals surface area contributed by atoms with Gasteiger partial charge in [-0.25, -0.2) is 4.57 Å². The summed E-state index contributed by atoms with van der Waals surface area (Å²) < 4.78 is 36.7. The topological polar surface area (TPSA) is 134 Å². The zero-order valence-electron chi connectivity index (χ0n) is 48.9. The Kier molecular flexibility index (Phi) is 52.7. The van der Waals surface area contributed by atoms with Crippen LogP contribution < -0.4 is 5.73 Å². The van der Waals surface area contributed by atoms with Crippen LogP contribution in [0.15, 0.2) is 24.3 Å². The summed E-state index contributed by atoms with van der Waals surface area (Å²) in [6, 6.07) is 0. The lowest BCUT2D eigenvalue weighted by atomic mass is 10.0. The molecule has 3 atom stereocenters. The van der Waals surface area contributed by atoms with Crippen LogP contribution in [0.25, 0.3) is 0 Å². The molecule has 0 aliphatic carbocycles. The minimum absolute atomic E-state index is 0.229. The van der Waals surface area contributed by atoms with Crippen molar-refractivity contribution < 1.29 is 42.1 Å². The number of nitrogens with zero attached hydrogens (tertiary/aromatic N) is 1. The molecule has 0 saturated carbocycles. The SMILES string of the molecule is CCCCCCCCC=CCCCCCCCC(=O)OC[C@H](COP(=O)(O)OC(CCCCCCCCCCCCCCCCCCN)C[N+](C)(C)C)OC(=O)CCCCCCCC=CCCCCCCCC. The van der Waals surface area contributed by atoms with Crippen LogP contribution in [0.1, 0.15) is 303 Å². The molecule has 11 heteroatoms. The first-order chi connectivity index (χ1) is 35.4. The number of rotatable bonds is 58. The van der Waals surface area contributed by atoms with Gasteiger partial charge in [0.05, 0.1) is 27.7 Å². The monoisotopic (exact) mass is 1050 g/mol. The standard InChI is InChI=1S/C62H121N2O8P/c1-6-8-10-12-14-16-18-20-24-29-33-37-41-45-49-53-61(65)69-57-60(71-62(66)54-50-46-42-38-34-30-25-21-19-17-15-13-11-9-7-2)58-70-73(67,68)72-59(56-64(3,4)5)52-48-44-40-36-32-28-26-22-23-27-31-35-39-43-47-51-55-63/h20-21,24-25,59-60H,6-19,22-23,26-58,63H2,1-5H3/p+1/t59?,60-/m1/s1. The van der Waals surface area contributed by atoms with Crippen molar-refractivity contribution in [2.24, 2.45) is 5.73 Å². The zero-order valence-corrected chi connectivity index (χ0v) is 49.8. The Morgan fingerprint density at radius 2 is 0.808 bits per heavy atom. The molecule has 0 aliphatic heterocycles. The largest absolute Gasteiger partial charge is 0.472 e. The van der Waals surface area contributed by atoms with Crippen LogP contribution in [0.5, 0.6) is 0 Å². The van der Waals surface area contributed by atoms with Gasteiger partial charge in [-0.1, -0.05) is 237 Å². The van der Waals surface area contributed by atoms with E-state index in [4.69, 9.17) is 24.3 Å². The highest BCUT2D eigenvalue weighted by Crippen LogP contribution is 2.45. The zero-order chi connectivity index (χ0) is 53.6. The summed E-state index contributed by atoms with van der Waals surface area (Å²) in [5, 5.41) is 0. The number of phosphoric ester groups is 1. The molecule has 0 radical (unpaired) electrons. The first kappa shape index (κ1) is 71.5. The number of ether oxygens (including phenoxy) is 2. The number of allylic oxidation sites excluding steroid dienone is 4. The van der Waals surface area contributed by atoms with Gasteiger partial charge >= 0.3 is 19.8 Å². The minimum atomic E-state index is -4.53. The number of likely N-dealkylation sites (N-methyl/N-ethyl adjacent to an activating group) is 1. The van der Waals surface area contributed by atoms with Crippen molar-refractivity contribution in [2.45, 2.75) is 315 Å². The van der Waals surface area contributed by atoms with E-state index in [0.29, 0.717) is 23.9 Å². The van der Waals surface area contributed by atoms with Gasteiger partial charge in [-0.3, -0.25) is 18.6 Å². The second kappa shape index (κ2) is 53.8. The summed E-state index contributed by atoms with van der Waals surface area (Å²) in [4.78, 5) is 36.9. The molecule has 0 heterocycles. The third kappa shape index (κ3) is 56.5. The van der Waals surface area contributed by atoms with Crippen LogP contribution in [0.2, 0.25) is 0 Å². The highest BCUT2D eigenvalue weighted by Gasteiger charge is 2.32. The van der Waals surface area contributed by atoms with Crippen molar-refractivity contribution in [1.82, 2.24) is 0 Å². The fraction of sp³-hybridized carbons (Fsp3) is 0.903. The maximum atomic E-state index is 13.5. The average molecular weight is 1050 g/mol. The number of phosphoric acid groups is 1. The van der Waals surface area contributed by atoms with Crippen LogP contribution in [-0.2, 0) is 32.7 Å². The predicted molar refractivity (Wildman–Crippen MR) is 311 cm³/mol. The smallest absolute Gasteiger partial charge is 0.462 e. The van der Waals surface area contributed by atoms with Gasteiger partial charge in [-0.2, -0.15) is 0 Å². The Balaban J connectivity index is 4.87. The molecule has 0 aromatic heterocycles. The molecule has 0 bridgehead atoms. The molecule has 0 aromatic rings. The number of nitrogens with two attached hydrogens (primary N) is 1. The molecule has 0 fully saturated rings. The molecule has 0 saturated heterocycles. The van der Waals surface area contributed by atoms with E-state index < -0.39 is 32.6 Å². The fourth-order valence-corrected chi connectivity index (χ4v) is 10.4. The third-order valence-electron chi connectivity index (χ3n) is 14.0. The highest BCUT2D eigenvalue weighted by molar-refractivity contribution is 7.47. The normalized spacial score (nSPS) is 13.8. The Morgan fingerprint density at radius 3 is 1.19 bits per heavy atom. The second-order valence-corrected chi connectivity index (χ2v) is 24.1. The first-order valence-electron chi connectivity index (χ1n) is 31.2. The summed E-state index contributed by atoms with van der Waals surface area (Å²) in [6.45, 7) is 5.24. The number of hydrogen-bond acceptors (Lipinski definition) is 8. The van der Waals surface area contributed by atoms with Gasteiger partial charge < -0.3 is 24.6 Å². The molecule has 3 N–H and O–H groups in total. The van der Waals surface area contributed by atoms with Gasteiger partial charge in [-0.15, -0.1) is 0 Å². The van der Waals surface area contributed by atoms with Gasteiger partial charge in [0, 0.05) is 12.8 Å². The summed E-state index contributed by atoms with van der Waals surface area (Å²) in [5.41, 5.74) is 5.59. The Labute approximate surface area is 452 Å². The Hall–Kier alpha value is -1.55. The van der Waals surface area contributed by atoms with Crippen LogP contribution >= 0.6 is 7.82 Å². The van der Waals surface area contributed by atoms with E-state index in [1.165, 1.54) is 167 Å². The van der Waals surface area contributed by atoms with Crippen molar-refractivity contribution in [3.63, 3.8) is 0 Å². The van der Waals surface area contributed by atoms with Crippen LogP contribution in [0, 0.1) is 0 Å². The van der Waals surface area contributed by atoms with E-state index in [1.807, 2.05) is 21.1 Å². The number of carbonyl (C=O) groups is 2. The molecule has 0 spiro atoms. The van der Waals surface area contributed by atoms with Crippen molar-refractivity contribution in [3.05, 3.63) is 24.3 Å². The fourth-order valence-electron chi connectivity index (χ4n) is 9.47. The van der Waals surface area contributed by atoms with Crippen molar-refractivity contribution in [1.29, 1.82) is 0 Å². The van der Waals surface area contributed by atoms with Crippen molar-refractivity contribution >= 4 is 19.8 Å². The van der Waals surface area contributed by atoms with E-state index in [0.717, 1.165) is 103 Å². The van der Waals surface area contributed by atoms with E-state index >= 15 is 0 Å². The molecular formula is C62H122N2O8P+. The lowest BCUT2D eigenvalue weighted by Crippen LogP contribution is -2.42. The third-order valence-corrected chi connectivity index (χ3v) is 15.0. The highest BCUT2D eigenvalue weighted by atomic mass is 31.2. The number of hydrogen-bond donors (Lipinski definition) is 2. The quantitative estimate of drug-likeness (QED) is 0.0201. The maximum absolute atomic E-state index is 13.5. The lowest BCUT2D eigenvalue weighted by molar-refractivity contribution is -0.873. The predicted octanol–water partition coefficient (Wildman–Crippen LogP) is 18.3. The Morgan fingerprint density at radius 1 is 0.466 bits per heavy atom. The van der Waals surface area contributed by atoms with Crippen LogP contribution in [-0.4, -0.2) is 81.0 Å². The number of unbranched alkanes of at least 4 members (excludes halogenated alkanes) is 37. The van der Waals surface area contributed by atoms with Crippen molar-refractivity contribution in [2.75, 3.05) is 47.4 Å². The molecule has 0 aliphatic rings. The molecule has 0 amide bonds. The first-order valence-corrected chi connectivity index (χ1v) is 32.7. The van der Waals surface area contributed by atoms with E-state index in [9.17, 15) is 19.0 Å². The Bertz CT molecular complexity index is 1310. The summed E-state index contributed by atoms with van der Waals surface area (Å²) in [6.07, 6.45) is 59.6. The molecule has 432 valence electrons. The minimum Gasteiger partial charge on any atom is -0.462 e.